The van der Waals surface area contributed by atoms with E-state index in [1.165, 1.54) is 12.8 Å². The third kappa shape index (κ3) is 6.42. The Morgan fingerprint density at radius 2 is 1.47 bits per heavy atom. The first-order chi connectivity index (χ1) is 7.72. The van der Waals surface area contributed by atoms with Crippen molar-refractivity contribution >= 4 is 0 Å². The Morgan fingerprint density at radius 3 is 1.76 bits per heavy atom. The van der Waals surface area contributed by atoms with Crippen molar-refractivity contribution in [3.05, 3.63) is 0 Å². The molecule has 0 aromatic heterocycles. The van der Waals surface area contributed by atoms with E-state index in [-0.39, 0.29) is 11.5 Å². The Morgan fingerprint density at radius 1 is 1.00 bits per heavy atom. The average molecular weight is 242 g/mol. The summed E-state index contributed by atoms with van der Waals surface area (Å²) in [5, 5.41) is 0. The molecular formula is C15H34N2. The second kappa shape index (κ2) is 7.38. The van der Waals surface area contributed by atoms with E-state index in [0.29, 0.717) is 12.0 Å². The van der Waals surface area contributed by atoms with Gasteiger partial charge in [-0.15, -0.1) is 0 Å². The molecule has 0 aliphatic rings. The van der Waals surface area contributed by atoms with E-state index in [1.807, 2.05) is 0 Å². The van der Waals surface area contributed by atoms with Crippen LogP contribution in [-0.4, -0.2) is 30.1 Å². The highest BCUT2D eigenvalue weighted by Crippen LogP contribution is 2.20. The maximum Gasteiger partial charge on any atom is 0.0217 e. The summed E-state index contributed by atoms with van der Waals surface area (Å²) in [6.07, 6.45) is 2.44. The summed E-state index contributed by atoms with van der Waals surface area (Å²) < 4.78 is 0. The lowest BCUT2D eigenvalue weighted by Gasteiger charge is -2.37. The lowest BCUT2D eigenvalue weighted by Crippen LogP contribution is -2.49. The zero-order chi connectivity index (χ0) is 13.6. The molecule has 0 radical (unpaired) electrons. The Hall–Kier alpha value is -0.0800. The van der Waals surface area contributed by atoms with Crippen LogP contribution < -0.4 is 5.73 Å². The molecule has 2 nitrogen and oxygen atoms in total. The molecule has 0 bridgehead atoms. The van der Waals surface area contributed by atoms with Crippen molar-refractivity contribution in [1.29, 1.82) is 0 Å². The fourth-order valence-electron chi connectivity index (χ4n) is 2.17. The first kappa shape index (κ1) is 16.9. The summed E-state index contributed by atoms with van der Waals surface area (Å²) in [5.74, 6) is 0.711. The standard InChI is InChI=1S/C15H34N2/c1-8-13(9-2)17(10-12(3)4)11-14(16)15(5,6)7/h12-14H,8-11,16H2,1-7H3/t14-/m0/s1. The van der Waals surface area contributed by atoms with Crippen molar-refractivity contribution in [2.24, 2.45) is 17.1 Å². The molecule has 0 aliphatic carbocycles. The highest BCUT2D eigenvalue weighted by Gasteiger charge is 2.25. The third-order valence-electron chi connectivity index (χ3n) is 3.60. The quantitative estimate of drug-likeness (QED) is 0.740. The van der Waals surface area contributed by atoms with Gasteiger partial charge in [-0.1, -0.05) is 48.5 Å². The molecule has 0 aliphatic heterocycles. The molecule has 104 valence electrons. The van der Waals surface area contributed by atoms with E-state index >= 15 is 0 Å². The largest absolute Gasteiger partial charge is 0.326 e. The summed E-state index contributed by atoms with van der Waals surface area (Å²) in [6, 6.07) is 0.938. The fourth-order valence-corrected chi connectivity index (χ4v) is 2.17. The molecule has 0 aromatic rings. The van der Waals surface area contributed by atoms with Crippen LogP contribution in [-0.2, 0) is 0 Å². The smallest absolute Gasteiger partial charge is 0.0217 e. The van der Waals surface area contributed by atoms with Crippen LogP contribution in [0.4, 0.5) is 0 Å². The monoisotopic (exact) mass is 242 g/mol. The zero-order valence-electron chi connectivity index (χ0n) is 13.1. The van der Waals surface area contributed by atoms with E-state index in [9.17, 15) is 0 Å². The van der Waals surface area contributed by atoms with Crippen molar-refractivity contribution in [1.82, 2.24) is 4.90 Å². The van der Waals surface area contributed by atoms with Gasteiger partial charge in [0.15, 0.2) is 0 Å². The molecule has 17 heavy (non-hydrogen) atoms. The van der Waals surface area contributed by atoms with Gasteiger partial charge in [0.05, 0.1) is 0 Å². The Balaban J connectivity index is 4.58. The lowest BCUT2D eigenvalue weighted by atomic mass is 9.86. The third-order valence-corrected chi connectivity index (χ3v) is 3.60. The minimum atomic E-state index is 0.196. The van der Waals surface area contributed by atoms with Gasteiger partial charge >= 0.3 is 0 Å². The summed E-state index contributed by atoms with van der Waals surface area (Å²) in [4.78, 5) is 2.60. The van der Waals surface area contributed by atoms with E-state index in [1.54, 1.807) is 0 Å². The molecule has 0 aromatic carbocycles. The van der Waals surface area contributed by atoms with E-state index in [4.69, 9.17) is 5.73 Å². The topological polar surface area (TPSA) is 29.3 Å². The molecule has 0 saturated carbocycles. The number of hydrogen-bond acceptors (Lipinski definition) is 2. The highest BCUT2D eigenvalue weighted by molar-refractivity contribution is 4.83. The molecular weight excluding hydrogens is 208 g/mol. The van der Waals surface area contributed by atoms with Crippen LogP contribution in [0.5, 0.6) is 0 Å². The molecule has 0 fully saturated rings. The number of hydrogen-bond donors (Lipinski definition) is 1. The molecule has 0 rings (SSSR count). The fraction of sp³-hybridized carbons (Fsp3) is 1.00. The van der Waals surface area contributed by atoms with Crippen molar-refractivity contribution in [3.8, 4) is 0 Å². The van der Waals surface area contributed by atoms with Crippen molar-refractivity contribution < 1.29 is 0 Å². The van der Waals surface area contributed by atoms with Crippen LogP contribution in [0.1, 0.15) is 61.3 Å². The maximum absolute atomic E-state index is 6.33. The van der Waals surface area contributed by atoms with Crippen LogP contribution in [0.3, 0.4) is 0 Å². The van der Waals surface area contributed by atoms with Crippen molar-refractivity contribution in [2.45, 2.75) is 73.4 Å². The normalized spacial score (nSPS) is 15.0. The Kier molecular flexibility index (Phi) is 7.34. The lowest BCUT2D eigenvalue weighted by molar-refractivity contribution is 0.129. The maximum atomic E-state index is 6.33. The minimum Gasteiger partial charge on any atom is -0.326 e. The molecule has 2 N–H and O–H groups in total. The van der Waals surface area contributed by atoms with Crippen molar-refractivity contribution in [2.75, 3.05) is 13.1 Å². The average Bonchev–Trinajstić information content (AvgIpc) is 2.16. The molecule has 1 atom stereocenters. The molecule has 0 heterocycles. The van der Waals surface area contributed by atoms with Crippen LogP contribution in [0, 0.1) is 11.3 Å². The number of nitrogens with zero attached hydrogens (tertiary/aromatic N) is 1. The second-order valence-corrected chi connectivity index (χ2v) is 6.79. The van der Waals surface area contributed by atoms with Gasteiger partial charge in [-0.25, -0.2) is 0 Å². The van der Waals surface area contributed by atoms with Gasteiger partial charge in [0.25, 0.3) is 0 Å². The molecule has 2 heteroatoms. The molecule has 0 amide bonds. The molecule has 0 spiro atoms. The van der Waals surface area contributed by atoms with Crippen LogP contribution in [0.25, 0.3) is 0 Å². The summed E-state index contributed by atoms with van der Waals surface area (Å²) in [5.41, 5.74) is 6.53. The van der Waals surface area contributed by atoms with Crippen LogP contribution in [0.15, 0.2) is 0 Å². The number of rotatable bonds is 7. The Labute approximate surface area is 109 Å². The van der Waals surface area contributed by atoms with E-state index in [0.717, 1.165) is 13.1 Å². The van der Waals surface area contributed by atoms with Gasteiger partial charge in [0.1, 0.15) is 0 Å². The first-order valence-electron chi connectivity index (χ1n) is 7.21. The summed E-state index contributed by atoms with van der Waals surface area (Å²) in [7, 11) is 0. The van der Waals surface area contributed by atoms with Gasteiger partial charge in [0, 0.05) is 25.2 Å². The summed E-state index contributed by atoms with van der Waals surface area (Å²) >= 11 is 0. The minimum absolute atomic E-state index is 0.196. The van der Waals surface area contributed by atoms with Crippen LogP contribution >= 0.6 is 0 Å². The van der Waals surface area contributed by atoms with Gasteiger partial charge in [-0.05, 0) is 24.2 Å². The van der Waals surface area contributed by atoms with Gasteiger partial charge in [-0.2, -0.15) is 0 Å². The predicted octanol–water partition coefficient (Wildman–Crippen LogP) is 3.51. The zero-order valence-corrected chi connectivity index (χ0v) is 13.1. The van der Waals surface area contributed by atoms with Crippen molar-refractivity contribution in [3.63, 3.8) is 0 Å². The Bertz CT molecular complexity index is 190. The van der Waals surface area contributed by atoms with E-state index < -0.39 is 0 Å². The predicted molar refractivity (Wildman–Crippen MR) is 78.2 cm³/mol. The van der Waals surface area contributed by atoms with Gasteiger partial charge in [-0.3, -0.25) is 4.90 Å². The second-order valence-electron chi connectivity index (χ2n) is 6.79. The first-order valence-corrected chi connectivity index (χ1v) is 7.21. The summed E-state index contributed by atoms with van der Waals surface area (Å²) in [6.45, 7) is 18.0. The van der Waals surface area contributed by atoms with E-state index in [2.05, 4.69) is 53.4 Å². The molecule has 0 unspecified atom stereocenters. The number of nitrogens with two attached hydrogens (primary N) is 1. The highest BCUT2D eigenvalue weighted by atomic mass is 15.2. The SMILES string of the molecule is CCC(CC)N(CC(C)C)C[C@H](N)C(C)(C)C. The van der Waals surface area contributed by atoms with Gasteiger partial charge in [0.2, 0.25) is 0 Å². The van der Waals surface area contributed by atoms with Gasteiger partial charge < -0.3 is 5.73 Å². The van der Waals surface area contributed by atoms with Crippen LogP contribution in [0.2, 0.25) is 0 Å². The molecule has 0 saturated heterocycles.